The summed E-state index contributed by atoms with van der Waals surface area (Å²) in [6.07, 6.45) is 6.60. The summed E-state index contributed by atoms with van der Waals surface area (Å²) in [4.78, 5) is 14.4. The van der Waals surface area contributed by atoms with Crippen LogP contribution < -0.4 is 5.32 Å². The van der Waals surface area contributed by atoms with E-state index in [1.165, 1.54) is 25.5 Å². The third-order valence-electron chi connectivity index (χ3n) is 4.62. The van der Waals surface area contributed by atoms with Gasteiger partial charge in [-0.25, -0.2) is 0 Å². The molecule has 6 nitrogen and oxygen atoms in total. The van der Waals surface area contributed by atoms with Gasteiger partial charge in [0.2, 0.25) is 0 Å². The van der Waals surface area contributed by atoms with Crippen LogP contribution in [0.25, 0.3) is 0 Å². The number of rotatable bonds is 6. The third-order valence-corrected chi connectivity index (χ3v) is 4.62. The van der Waals surface area contributed by atoms with Crippen molar-refractivity contribution in [2.75, 3.05) is 19.6 Å². The highest BCUT2D eigenvalue weighted by atomic mass is 16.5. The SMILES string of the molecule is O=C1N(CC2CCC2)CCCC1(O)CNCc1ccon1. The molecule has 0 radical (unpaired) electrons. The fourth-order valence-corrected chi connectivity index (χ4v) is 3.12. The van der Waals surface area contributed by atoms with Gasteiger partial charge in [0.05, 0.1) is 5.69 Å². The van der Waals surface area contributed by atoms with E-state index in [4.69, 9.17) is 4.52 Å². The maximum Gasteiger partial charge on any atom is 0.255 e. The molecule has 1 aromatic rings. The van der Waals surface area contributed by atoms with Crippen LogP contribution in [0.5, 0.6) is 0 Å². The van der Waals surface area contributed by atoms with E-state index in [0.29, 0.717) is 18.9 Å². The Balaban J connectivity index is 1.52. The molecule has 3 rings (SSSR count). The Morgan fingerprint density at radius 2 is 2.33 bits per heavy atom. The van der Waals surface area contributed by atoms with Gasteiger partial charge in [-0.2, -0.15) is 0 Å². The Hall–Kier alpha value is -1.40. The van der Waals surface area contributed by atoms with Crippen molar-refractivity contribution in [1.82, 2.24) is 15.4 Å². The highest BCUT2D eigenvalue weighted by Gasteiger charge is 2.42. The molecule has 1 saturated heterocycles. The molecule has 1 saturated carbocycles. The van der Waals surface area contributed by atoms with Gasteiger partial charge in [-0.05, 0) is 31.6 Å². The molecule has 2 N–H and O–H groups in total. The van der Waals surface area contributed by atoms with Crippen molar-refractivity contribution in [3.8, 4) is 0 Å². The number of likely N-dealkylation sites (tertiary alicyclic amines) is 1. The summed E-state index contributed by atoms with van der Waals surface area (Å²) < 4.78 is 4.76. The predicted molar refractivity (Wildman–Crippen MR) is 76.3 cm³/mol. The summed E-state index contributed by atoms with van der Waals surface area (Å²) >= 11 is 0. The first-order chi connectivity index (χ1) is 10.2. The van der Waals surface area contributed by atoms with Crippen LogP contribution in [0.4, 0.5) is 0 Å². The van der Waals surface area contributed by atoms with Crippen LogP contribution in [0.2, 0.25) is 0 Å². The van der Waals surface area contributed by atoms with Crippen LogP contribution in [-0.2, 0) is 11.3 Å². The predicted octanol–water partition coefficient (Wildman–Crippen LogP) is 0.918. The Morgan fingerprint density at radius 1 is 1.48 bits per heavy atom. The number of amides is 1. The summed E-state index contributed by atoms with van der Waals surface area (Å²) in [5, 5.41) is 17.6. The molecule has 1 atom stereocenters. The molecular formula is C15H23N3O3. The zero-order valence-electron chi connectivity index (χ0n) is 12.3. The second-order valence-corrected chi connectivity index (χ2v) is 6.28. The lowest BCUT2D eigenvalue weighted by Crippen LogP contribution is -2.58. The fraction of sp³-hybridized carbons (Fsp3) is 0.733. The summed E-state index contributed by atoms with van der Waals surface area (Å²) in [6, 6.07) is 1.77. The maximum atomic E-state index is 12.5. The summed E-state index contributed by atoms with van der Waals surface area (Å²) in [5.41, 5.74) is -0.501. The van der Waals surface area contributed by atoms with E-state index in [1.807, 2.05) is 4.90 Å². The van der Waals surface area contributed by atoms with Crippen molar-refractivity contribution in [3.63, 3.8) is 0 Å². The van der Waals surface area contributed by atoms with Crippen molar-refractivity contribution in [2.45, 2.75) is 44.2 Å². The van der Waals surface area contributed by atoms with E-state index >= 15 is 0 Å². The van der Waals surface area contributed by atoms with E-state index in [1.54, 1.807) is 6.07 Å². The number of carbonyl (C=O) groups excluding carboxylic acids is 1. The molecule has 0 aromatic carbocycles. The zero-order chi connectivity index (χ0) is 14.7. The molecule has 0 bridgehead atoms. The van der Waals surface area contributed by atoms with Crippen LogP contribution in [0.15, 0.2) is 16.9 Å². The van der Waals surface area contributed by atoms with Gasteiger partial charge < -0.3 is 19.8 Å². The molecular weight excluding hydrogens is 270 g/mol. The first kappa shape index (κ1) is 14.5. The lowest BCUT2D eigenvalue weighted by Gasteiger charge is -2.41. The molecule has 1 aliphatic heterocycles. The molecule has 21 heavy (non-hydrogen) atoms. The van der Waals surface area contributed by atoms with Crippen molar-refractivity contribution in [2.24, 2.45) is 5.92 Å². The maximum absolute atomic E-state index is 12.5. The number of carbonyl (C=O) groups is 1. The minimum absolute atomic E-state index is 0.117. The number of aliphatic hydroxyl groups is 1. The average Bonchev–Trinajstić information content (AvgIpc) is 2.92. The molecule has 1 aromatic heterocycles. The van der Waals surface area contributed by atoms with Gasteiger partial charge >= 0.3 is 0 Å². The Bertz CT molecular complexity index is 473. The van der Waals surface area contributed by atoms with Gasteiger partial charge in [-0.3, -0.25) is 4.79 Å². The van der Waals surface area contributed by atoms with E-state index in [0.717, 1.165) is 25.2 Å². The van der Waals surface area contributed by atoms with Crippen molar-refractivity contribution in [3.05, 3.63) is 18.0 Å². The first-order valence-electron chi connectivity index (χ1n) is 7.79. The number of nitrogens with zero attached hydrogens (tertiary/aromatic N) is 2. The number of nitrogens with one attached hydrogen (secondary N) is 1. The van der Waals surface area contributed by atoms with Gasteiger partial charge in [0, 0.05) is 32.2 Å². The minimum Gasteiger partial charge on any atom is -0.379 e. The van der Waals surface area contributed by atoms with Crippen LogP contribution in [0.3, 0.4) is 0 Å². The van der Waals surface area contributed by atoms with Crippen molar-refractivity contribution in [1.29, 1.82) is 0 Å². The first-order valence-corrected chi connectivity index (χ1v) is 7.79. The van der Waals surface area contributed by atoms with Gasteiger partial charge in [0.15, 0.2) is 5.60 Å². The molecule has 1 amide bonds. The Labute approximate surface area is 124 Å². The van der Waals surface area contributed by atoms with Gasteiger partial charge in [0.25, 0.3) is 5.91 Å². The smallest absolute Gasteiger partial charge is 0.255 e. The lowest BCUT2D eigenvalue weighted by molar-refractivity contribution is -0.157. The van der Waals surface area contributed by atoms with E-state index in [-0.39, 0.29) is 12.5 Å². The summed E-state index contributed by atoms with van der Waals surface area (Å²) in [7, 11) is 0. The monoisotopic (exact) mass is 293 g/mol. The number of aromatic nitrogens is 1. The van der Waals surface area contributed by atoms with Crippen LogP contribution in [-0.4, -0.2) is 46.3 Å². The number of piperidine rings is 1. The minimum atomic E-state index is -1.27. The van der Waals surface area contributed by atoms with E-state index in [2.05, 4.69) is 10.5 Å². The molecule has 2 heterocycles. The summed E-state index contributed by atoms with van der Waals surface area (Å²) in [5.74, 6) is 0.521. The molecule has 2 fully saturated rings. The van der Waals surface area contributed by atoms with Crippen LogP contribution in [0.1, 0.15) is 37.8 Å². The Kier molecular flexibility index (Phi) is 4.26. The third kappa shape index (κ3) is 3.27. The van der Waals surface area contributed by atoms with Crippen molar-refractivity contribution < 1.29 is 14.4 Å². The fourth-order valence-electron chi connectivity index (χ4n) is 3.12. The largest absolute Gasteiger partial charge is 0.379 e. The zero-order valence-corrected chi connectivity index (χ0v) is 12.3. The molecule has 6 heteroatoms. The van der Waals surface area contributed by atoms with Gasteiger partial charge in [-0.1, -0.05) is 11.6 Å². The molecule has 2 aliphatic rings. The van der Waals surface area contributed by atoms with Crippen LogP contribution in [0, 0.1) is 5.92 Å². The normalized spacial score (nSPS) is 26.9. The number of hydrogen-bond donors (Lipinski definition) is 2. The summed E-state index contributed by atoms with van der Waals surface area (Å²) in [6.45, 7) is 2.35. The average molecular weight is 293 g/mol. The quantitative estimate of drug-likeness (QED) is 0.815. The molecule has 116 valence electrons. The van der Waals surface area contributed by atoms with Crippen molar-refractivity contribution >= 4 is 5.91 Å². The van der Waals surface area contributed by atoms with Gasteiger partial charge in [-0.15, -0.1) is 0 Å². The van der Waals surface area contributed by atoms with Gasteiger partial charge in [0.1, 0.15) is 6.26 Å². The highest BCUT2D eigenvalue weighted by molar-refractivity contribution is 5.86. The molecule has 1 aliphatic carbocycles. The van der Waals surface area contributed by atoms with E-state index in [9.17, 15) is 9.90 Å². The highest BCUT2D eigenvalue weighted by Crippen LogP contribution is 2.30. The standard InChI is InChI=1S/C15H23N3O3/c19-14-15(20,11-16-9-13-5-8-21-17-13)6-2-7-18(14)10-12-3-1-4-12/h5,8,12,16,20H,1-4,6-7,9-11H2. The Morgan fingerprint density at radius 3 is 3.00 bits per heavy atom. The molecule has 1 unspecified atom stereocenters. The second-order valence-electron chi connectivity index (χ2n) is 6.28. The second kappa shape index (κ2) is 6.15. The van der Waals surface area contributed by atoms with E-state index < -0.39 is 5.60 Å². The van der Waals surface area contributed by atoms with Crippen LogP contribution >= 0.6 is 0 Å². The number of hydrogen-bond acceptors (Lipinski definition) is 5. The topological polar surface area (TPSA) is 78.6 Å². The molecule has 0 spiro atoms. The lowest BCUT2D eigenvalue weighted by atomic mass is 9.83.